The highest BCUT2D eigenvalue weighted by molar-refractivity contribution is 7.12. The zero-order chi connectivity index (χ0) is 20.1. The maximum atomic E-state index is 12.3. The van der Waals surface area contributed by atoms with Crippen LogP contribution in [0.2, 0.25) is 0 Å². The molecule has 0 unspecified atom stereocenters. The van der Waals surface area contributed by atoms with Gasteiger partial charge in [0.25, 0.3) is 11.8 Å². The van der Waals surface area contributed by atoms with Crippen molar-refractivity contribution in [3.05, 3.63) is 52.2 Å². The van der Waals surface area contributed by atoms with Gasteiger partial charge in [0.15, 0.2) is 6.61 Å². The summed E-state index contributed by atoms with van der Waals surface area (Å²) < 4.78 is 5.18. The average molecular weight is 401 g/mol. The van der Waals surface area contributed by atoms with E-state index in [-0.39, 0.29) is 18.4 Å². The Morgan fingerprint density at radius 1 is 1.11 bits per heavy atom. The van der Waals surface area contributed by atoms with Gasteiger partial charge >= 0.3 is 5.97 Å². The van der Waals surface area contributed by atoms with Crippen LogP contribution in [0.15, 0.2) is 41.8 Å². The number of nitrogens with zero attached hydrogens (tertiary/aromatic N) is 1. The molecule has 1 aromatic heterocycles. The van der Waals surface area contributed by atoms with Gasteiger partial charge in [-0.05, 0) is 54.0 Å². The van der Waals surface area contributed by atoms with E-state index in [4.69, 9.17) is 4.74 Å². The zero-order valence-corrected chi connectivity index (χ0v) is 16.8. The molecule has 2 atom stereocenters. The van der Waals surface area contributed by atoms with Crippen LogP contribution < -0.4 is 5.32 Å². The summed E-state index contributed by atoms with van der Waals surface area (Å²) in [5.74, 6) is 0.00995. The number of thiophene rings is 1. The third-order valence-electron chi connectivity index (χ3n) is 4.67. The summed E-state index contributed by atoms with van der Waals surface area (Å²) >= 11 is 1.36. The summed E-state index contributed by atoms with van der Waals surface area (Å²) in [6.07, 6.45) is 1.11. The Morgan fingerprint density at radius 2 is 1.79 bits per heavy atom. The predicted octanol–water partition coefficient (Wildman–Crippen LogP) is 3.66. The number of anilines is 1. The number of carbonyl (C=O) groups is 3. The van der Waals surface area contributed by atoms with Crippen molar-refractivity contribution in [2.45, 2.75) is 20.3 Å². The monoisotopic (exact) mass is 400 g/mol. The number of hydrogen-bond acceptors (Lipinski definition) is 5. The van der Waals surface area contributed by atoms with Crippen molar-refractivity contribution in [3.8, 4) is 0 Å². The highest BCUT2D eigenvalue weighted by Crippen LogP contribution is 2.21. The standard InChI is InChI=1S/C21H24N2O4S/c1-14-10-15(2)12-23(11-14)19(24)13-27-21(26)16-5-7-17(8-6-16)22-20(25)18-4-3-9-28-18/h3-9,14-15H,10-13H2,1-2H3,(H,22,25)/t14-,15+. The van der Waals surface area contributed by atoms with Gasteiger partial charge in [-0.25, -0.2) is 4.79 Å². The second kappa shape index (κ2) is 9.01. The van der Waals surface area contributed by atoms with Crippen LogP contribution in [0.3, 0.4) is 0 Å². The maximum Gasteiger partial charge on any atom is 0.338 e. The topological polar surface area (TPSA) is 75.7 Å². The molecule has 7 heteroatoms. The lowest BCUT2D eigenvalue weighted by Crippen LogP contribution is -2.44. The summed E-state index contributed by atoms with van der Waals surface area (Å²) in [6, 6.07) is 9.97. The first-order chi connectivity index (χ1) is 13.4. The van der Waals surface area contributed by atoms with Crippen LogP contribution in [0.4, 0.5) is 5.69 Å². The molecule has 1 saturated heterocycles. The van der Waals surface area contributed by atoms with Gasteiger partial charge in [-0.1, -0.05) is 19.9 Å². The summed E-state index contributed by atoms with van der Waals surface area (Å²) in [7, 11) is 0. The lowest BCUT2D eigenvalue weighted by Gasteiger charge is -2.34. The van der Waals surface area contributed by atoms with Crippen molar-refractivity contribution in [2.75, 3.05) is 25.0 Å². The molecule has 3 rings (SSSR count). The first-order valence-corrected chi connectivity index (χ1v) is 10.2. The van der Waals surface area contributed by atoms with Crippen molar-refractivity contribution < 1.29 is 19.1 Å². The van der Waals surface area contributed by atoms with Crippen LogP contribution >= 0.6 is 11.3 Å². The molecule has 6 nitrogen and oxygen atoms in total. The van der Waals surface area contributed by atoms with E-state index in [1.54, 1.807) is 35.2 Å². The van der Waals surface area contributed by atoms with Crippen molar-refractivity contribution in [1.82, 2.24) is 4.90 Å². The molecule has 0 radical (unpaired) electrons. The third kappa shape index (κ3) is 5.19. The minimum atomic E-state index is -0.553. The fraction of sp³-hybridized carbons (Fsp3) is 0.381. The molecule has 0 bridgehead atoms. The van der Waals surface area contributed by atoms with Gasteiger partial charge in [0.2, 0.25) is 0 Å². The Labute approximate surface area is 168 Å². The number of hydrogen-bond donors (Lipinski definition) is 1. The van der Waals surface area contributed by atoms with E-state index in [1.165, 1.54) is 11.3 Å². The maximum absolute atomic E-state index is 12.3. The van der Waals surface area contributed by atoms with E-state index in [0.29, 0.717) is 41.1 Å². The van der Waals surface area contributed by atoms with Crippen molar-refractivity contribution >= 4 is 34.8 Å². The molecule has 2 heterocycles. The minimum Gasteiger partial charge on any atom is -0.452 e. The van der Waals surface area contributed by atoms with Gasteiger partial charge in [-0.2, -0.15) is 0 Å². The van der Waals surface area contributed by atoms with Crippen LogP contribution in [0.1, 0.15) is 40.3 Å². The van der Waals surface area contributed by atoms with Crippen LogP contribution in [0.5, 0.6) is 0 Å². The summed E-state index contributed by atoms with van der Waals surface area (Å²) in [5.41, 5.74) is 0.921. The average Bonchev–Trinajstić information content (AvgIpc) is 3.20. The van der Waals surface area contributed by atoms with Gasteiger partial charge in [0, 0.05) is 18.8 Å². The Balaban J connectivity index is 1.50. The fourth-order valence-corrected chi connectivity index (χ4v) is 4.08. The molecule has 1 fully saturated rings. The summed E-state index contributed by atoms with van der Waals surface area (Å²) in [5, 5.41) is 4.60. The molecule has 0 spiro atoms. The van der Waals surface area contributed by atoms with Gasteiger partial charge in [0.1, 0.15) is 0 Å². The van der Waals surface area contributed by atoms with Crippen molar-refractivity contribution in [1.29, 1.82) is 0 Å². The van der Waals surface area contributed by atoms with Gasteiger partial charge in [-0.15, -0.1) is 11.3 Å². The smallest absolute Gasteiger partial charge is 0.338 e. The number of ether oxygens (including phenoxy) is 1. The number of amides is 2. The zero-order valence-electron chi connectivity index (χ0n) is 16.0. The number of benzene rings is 1. The van der Waals surface area contributed by atoms with Gasteiger partial charge in [0.05, 0.1) is 10.4 Å². The molecule has 1 N–H and O–H groups in total. The molecule has 1 aromatic carbocycles. The third-order valence-corrected chi connectivity index (χ3v) is 5.54. The number of nitrogens with one attached hydrogen (secondary N) is 1. The van der Waals surface area contributed by atoms with E-state index >= 15 is 0 Å². The molecule has 28 heavy (non-hydrogen) atoms. The molecule has 0 saturated carbocycles. The summed E-state index contributed by atoms with van der Waals surface area (Å²) in [6.45, 7) is 5.41. The molecule has 2 aromatic rings. The normalized spacial score (nSPS) is 19.1. The molecule has 148 valence electrons. The Hall–Kier alpha value is -2.67. The van der Waals surface area contributed by atoms with Crippen LogP contribution in [0, 0.1) is 11.8 Å². The van der Waals surface area contributed by atoms with Gasteiger partial charge < -0.3 is 15.0 Å². The fourth-order valence-electron chi connectivity index (χ4n) is 3.46. The molecule has 1 aliphatic heterocycles. The first-order valence-electron chi connectivity index (χ1n) is 9.32. The highest BCUT2D eigenvalue weighted by Gasteiger charge is 2.26. The molecular weight excluding hydrogens is 376 g/mol. The van der Waals surface area contributed by atoms with E-state index in [0.717, 1.165) is 6.42 Å². The molecule has 1 aliphatic rings. The van der Waals surface area contributed by atoms with Crippen LogP contribution in [-0.4, -0.2) is 42.4 Å². The minimum absolute atomic E-state index is 0.161. The van der Waals surface area contributed by atoms with E-state index in [9.17, 15) is 14.4 Å². The largest absolute Gasteiger partial charge is 0.452 e. The highest BCUT2D eigenvalue weighted by atomic mass is 32.1. The summed E-state index contributed by atoms with van der Waals surface area (Å²) in [4.78, 5) is 38.9. The van der Waals surface area contributed by atoms with Crippen molar-refractivity contribution in [2.24, 2.45) is 11.8 Å². The van der Waals surface area contributed by atoms with Crippen LogP contribution in [-0.2, 0) is 9.53 Å². The number of carbonyl (C=O) groups excluding carboxylic acids is 3. The first kappa shape index (κ1) is 20.1. The number of esters is 1. The Bertz CT molecular complexity index is 823. The van der Waals surface area contributed by atoms with Gasteiger partial charge in [-0.3, -0.25) is 9.59 Å². The number of rotatable bonds is 5. The Kier molecular flexibility index (Phi) is 6.46. The predicted molar refractivity (Wildman–Crippen MR) is 109 cm³/mol. The van der Waals surface area contributed by atoms with Crippen LogP contribution in [0.25, 0.3) is 0 Å². The molecule has 0 aliphatic carbocycles. The SMILES string of the molecule is C[C@@H]1C[C@H](C)CN(C(=O)COC(=O)c2ccc(NC(=O)c3cccs3)cc2)C1. The molecule has 2 amide bonds. The van der Waals surface area contributed by atoms with Crippen molar-refractivity contribution in [3.63, 3.8) is 0 Å². The second-order valence-corrected chi connectivity index (χ2v) is 8.28. The number of piperidine rings is 1. The van der Waals surface area contributed by atoms with E-state index in [1.807, 2.05) is 11.4 Å². The van der Waals surface area contributed by atoms with E-state index < -0.39 is 5.97 Å². The number of likely N-dealkylation sites (tertiary alicyclic amines) is 1. The second-order valence-electron chi connectivity index (χ2n) is 7.33. The lowest BCUT2D eigenvalue weighted by atomic mass is 9.92. The lowest BCUT2D eigenvalue weighted by molar-refractivity contribution is -0.137. The Morgan fingerprint density at radius 3 is 2.39 bits per heavy atom. The molecular formula is C21H24N2O4S. The quantitative estimate of drug-likeness (QED) is 0.777. The van der Waals surface area contributed by atoms with E-state index in [2.05, 4.69) is 19.2 Å².